The van der Waals surface area contributed by atoms with Gasteiger partial charge in [-0.25, -0.2) is 4.98 Å². The van der Waals surface area contributed by atoms with Gasteiger partial charge in [0.25, 0.3) is 0 Å². The predicted octanol–water partition coefficient (Wildman–Crippen LogP) is 5.62. The minimum Gasteiger partial charge on any atom is -0.497 e. The summed E-state index contributed by atoms with van der Waals surface area (Å²) in [5.74, 6) is 1.62. The summed E-state index contributed by atoms with van der Waals surface area (Å²) in [6, 6.07) is 25.3. The van der Waals surface area contributed by atoms with Crippen LogP contribution in [0.15, 0.2) is 78.9 Å². The van der Waals surface area contributed by atoms with Gasteiger partial charge in [0.2, 0.25) is 5.91 Å². The van der Waals surface area contributed by atoms with Crippen molar-refractivity contribution in [3.05, 3.63) is 90.3 Å². The highest BCUT2D eigenvalue weighted by Crippen LogP contribution is 2.27. The van der Waals surface area contributed by atoms with Crippen molar-refractivity contribution < 1.29 is 9.53 Å². The van der Waals surface area contributed by atoms with Crippen molar-refractivity contribution in [1.29, 1.82) is 0 Å². The van der Waals surface area contributed by atoms with Crippen LogP contribution in [0.25, 0.3) is 11.0 Å². The van der Waals surface area contributed by atoms with E-state index < -0.39 is 0 Å². The lowest BCUT2D eigenvalue weighted by molar-refractivity contribution is -0.119. The number of ether oxygens (including phenoxy) is 1. The number of imidazole rings is 1. The molecule has 0 aliphatic carbocycles. The normalized spacial score (nSPS) is 11.9. The average Bonchev–Trinajstić information content (AvgIpc) is 3.16. The van der Waals surface area contributed by atoms with E-state index in [1.54, 1.807) is 7.11 Å². The van der Waals surface area contributed by atoms with E-state index in [9.17, 15) is 4.79 Å². The lowest BCUT2D eigenvalue weighted by Gasteiger charge is -2.21. The van der Waals surface area contributed by atoms with Crippen LogP contribution in [-0.4, -0.2) is 22.6 Å². The molecule has 1 unspecified atom stereocenters. The largest absolute Gasteiger partial charge is 0.497 e. The van der Waals surface area contributed by atoms with Crippen LogP contribution in [0.5, 0.6) is 5.75 Å². The van der Waals surface area contributed by atoms with E-state index in [0.717, 1.165) is 41.1 Å². The fourth-order valence-electron chi connectivity index (χ4n) is 3.90. The number of amides is 1. The highest BCUT2D eigenvalue weighted by molar-refractivity contribution is 5.95. The fourth-order valence-corrected chi connectivity index (χ4v) is 3.90. The maximum absolute atomic E-state index is 13.4. The molecule has 1 N–H and O–H groups in total. The van der Waals surface area contributed by atoms with Crippen molar-refractivity contribution in [3.8, 4) is 5.75 Å². The topological polar surface area (TPSA) is 56.1 Å². The zero-order chi connectivity index (χ0) is 21.6. The van der Waals surface area contributed by atoms with Gasteiger partial charge < -0.3 is 14.6 Å². The molecule has 0 aliphatic heterocycles. The molecular weight excluding hydrogens is 386 g/mol. The zero-order valence-corrected chi connectivity index (χ0v) is 17.9. The molecule has 5 heteroatoms. The van der Waals surface area contributed by atoms with E-state index in [0.29, 0.717) is 6.42 Å². The highest BCUT2D eigenvalue weighted by atomic mass is 16.5. The quantitative estimate of drug-likeness (QED) is 0.408. The molecule has 5 nitrogen and oxygen atoms in total. The third-order valence-corrected chi connectivity index (χ3v) is 5.41. The zero-order valence-electron chi connectivity index (χ0n) is 17.9. The number of methoxy groups -OCH3 is 1. The van der Waals surface area contributed by atoms with Gasteiger partial charge in [0.05, 0.1) is 18.1 Å². The molecule has 0 radical (unpaired) electrons. The molecular formula is C26H27N3O2. The van der Waals surface area contributed by atoms with Gasteiger partial charge in [-0.2, -0.15) is 0 Å². The Morgan fingerprint density at radius 2 is 1.71 bits per heavy atom. The minimum absolute atomic E-state index is 0.0375. The maximum atomic E-state index is 13.4. The van der Waals surface area contributed by atoms with Gasteiger partial charge in [-0.05, 0) is 48.4 Å². The molecule has 1 aromatic heterocycles. The van der Waals surface area contributed by atoms with Gasteiger partial charge in [0.15, 0.2) is 0 Å². The van der Waals surface area contributed by atoms with E-state index >= 15 is 0 Å². The number of carbonyl (C=O) groups excluding carboxylic acids is 1. The summed E-state index contributed by atoms with van der Waals surface area (Å²) in [5.41, 5.74) is 3.81. The van der Waals surface area contributed by atoms with Gasteiger partial charge in [-0.1, -0.05) is 55.8 Å². The van der Waals surface area contributed by atoms with Crippen molar-refractivity contribution in [1.82, 2.24) is 9.55 Å². The van der Waals surface area contributed by atoms with Crippen molar-refractivity contribution in [2.45, 2.75) is 32.2 Å². The summed E-state index contributed by atoms with van der Waals surface area (Å²) in [6.07, 6.45) is 2.29. The lowest BCUT2D eigenvalue weighted by atomic mass is 10.1. The Morgan fingerprint density at radius 3 is 2.42 bits per heavy atom. The molecule has 31 heavy (non-hydrogen) atoms. The second kappa shape index (κ2) is 9.47. The van der Waals surface area contributed by atoms with E-state index in [-0.39, 0.29) is 11.9 Å². The fraction of sp³-hybridized carbons (Fsp3) is 0.231. The average molecular weight is 414 g/mol. The van der Waals surface area contributed by atoms with Crippen LogP contribution >= 0.6 is 0 Å². The number of nitrogens with one attached hydrogen (secondary N) is 1. The van der Waals surface area contributed by atoms with Crippen LogP contribution < -0.4 is 10.1 Å². The number of benzene rings is 3. The Morgan fingerprint density at radius 1 is 1.00 bits per heavy atom. The highest BCUT2D eigenvalue weighted by Gasteiger charge is 2.25. The summed E-state index contributed by atoms with van der Waals surface area (Å²) in [6.45, 7) is 2.10. The first-order valence-electron chi connectivity index (χ1n) is 10.6. The first kappa shape index (κ1) is 20.7. The number of fused-ring (bicyclic) bond motifs is 1. The predicted molar refractivity (Wildman–Crippen MR) is 125 cm³/mol. The van der Waals surface area contributed by atoms with Gasteiger partial charge >= 0.3 is 0 Å². The van der Waals surface area contributed by atoms with E-state index in [1.807, 2.05) is 66.7 Å². The Labute approximate surface area is 182 Å². The van der Waals surface area contributed by atoms with E-state index in [1.165, 1.54) is 5.56 Å². The van der Waals surface area contributed by atoms with Gasteiger partial charge in [0, 0.05) is 12.1 Å². The van der Waals surface area contributed by atoms with Crippen LogP contribution in [0.4, 0.5) is 5.69 Å². The Kier molecular flexibility index (Phi) is 6.32. The van der Waals surface area contributed by atoms with Gasteiger partial charge in [0.1, 0.15) is 17.6 Å². The first-order valence-corrected chi connectivity index (χ1v) is 10.6. The van der Waals surface area contributed by atoms with Crippen molar-refractivity contribution in [3.63, 3.8) is 0 Å². The Bertz CT molecular complexity index is 1150. The number of aromatic nitrogens is 2. The standard InChI is InChI=1S/C26H27N3O2/c1-3-9-24(26(30)27-20-14-16-21(31-2)17-15-20)29-23-13-8-7-12-22(23)28-25(29)18-19-10-5-4-6-11-19/h4-8,10-17,24H,3,9,18H2,1-2H3,(H,27,30). The molecule has 0 aliphatic rings. The van der Waals surface area contributed by atoms with Crippen molar-refractivity contribution in [2.24, 2.45) is 0 Å². The van der Waals surface area contributed by atoms with Gasteiger partial charge in [-0.3, -0.25) is 4.79 Å². The number of anilines is 1. The SMILES string of the molecule is CCCC(C(=O)Nc1ccc(OC)cc1)n1c(Cc2ccccc2)nc2ccccc21. The molecule has 3 aromatic carbocycles. The number of carbonyl (C=O) groups is 1. The molecule has 0 saturated heterocycles. The number of nitrogens with zero attached hydrogens (tertiary/aromatic N) is 2. The van der Waals surface area contributed by atoms with Crippen molar-refractivity contribution >= 4 is 22.6 Å². The molecule has 1 atom stereocenters. The third-order valence-electron chi connectivity index (χ3n) is 5.41. The maximum Gasteiger partial charge on any atom is 0.247 e. The number of hydrogen-bond donors (Lipinski definition) is 1. The van der Waals surface area contributed by atoms with Crippen LogP contribution in [0, 0.1) is 0 Å². The number of rotatable bonds is 8. The molecule has 0 bridgehead atoms. The second-order valence-corrected chi connectivity index (χ2v) is 7.57. The summed E-state index contributed by atoms with van der Waals surface area (Å²) in [4.78, 5) is 18.3. The summed E-state index contributed by atoms with van der Waals surface area (Å²) >= 11 is 0. The summed E-state index contributed by atoms with van der Waals surface area (Å²) in [7, 11) is 1.63. The first-order chi connectivity index (χ1) is 15.2. The number of hydrogen-bond acceptors (Lipinski definition) is 3. The minimum atomic E-state index is -0.349. The molecule has 0 fully saturated rings. The van der Waals surface area contributed by atoms with E-state index in [2.05, 4.69) is 28.9 Å². The Hall–Kier alpha value is -3.60. The van der Waals surface area contributed by atoms with Crippen LogP contribution in [0.1, 0.15) is 37.2 Å². The second-order valence-electron chi connectivity index (χ2n) is 7.57. The van der Waals surface area contributed by atoms with E-state index in [4.69, 9.17) is 9.72 Å². The molecule has 158 valence electrons. The summed E-state index contributed by atoms with van der Waals surface area (Å²) in [5, 5.41) is 3.08. The molecule has 0 spiro atoms. The smallest absolute Gasteiger partial charge is 0.247 e. The third kappa shape index (κ3) is 4.61. The van der Waals surface area contributed by atoms with Gasteiger partial charge in [-0.15, -0.1) is 0 Å². The Balaban J connectivity index is 1.71. The summed E-state index contributed by atoms with van der Waals surface area (Å²) < 4.78 is 7.33. The van der Waals surface area contributed by atoms with Crippen LogP contribution in [0.3, 0.4) is 0 Å². The van der Waals surface area contributed by atoms with Crippen molar-refractivity contribution in [2.75, 3.05) is 12.4 Å². The number of para-hydroxylation sites is 2. The molecule has 1 heterocycles. The van der Waals surface area contributed by atoms with Crippen LogP contribution in [-0.2, 0) is 11.2 Å². The molecule has 4 rings (SSSR count). The van der Waals surface area contributed by atoms with Crippen LogP contribution in [0.2, 0.25) is 0 Å². The molecule has 1 amide bonds. The molecule has 0 saturated carbocycles. The monoisotopic (exact) mass is 413 g/mol. The lowest BCUT2D eigenvalue weighted by Crippen LogP contribution is -2.27. The molecule has 4 aromatic rings.